The molecule has 0 radical (unpaired) electrons. The summed E-state index contributed by atoms with van der Waals surface area (Å²) in [5, 5.41) is 11.7. The van der Waals surface area contributed by atoms with Crippen LogP contribution in [0.3, 0.4) is 0 Å². The van der Waals surface area contributed by atoms with E-state index >= 15 is 0 Å². The molecule has 0 amide bonds. The first kappa shape index (κ1) is 16.0. The van der Waals surface area contributed by atoms with Crippen molar-refractivity contribution in [2.24, 2.45) is 16.3 Å². The van der Waals surface area contributed by atoms with Gasteiger partial charge in [-0.1, -0.05) is 47.1 Å². The average molecular weight is 329 g/mol. The number of hydrogen-bond donors (Lipinski definition) is 2. The molecular formula is C14H21BrN2O2. The van der Waals surface area contributed by atoms with Crippen LogP contribution in [0.2, 0.25) is 0 Å². The molecule has 0 saturated heterocycles. The lowest BCUT2D eigenvalue weighted by Crippen LogP contribution is -2.32. The summed E-state index contributed by atoms with van der Waals surface area (Å²) in [4.78, 5) is 0. The lowest BCUT2D eigenvalue weighted by molar-refractivity contribution is 0.112. The van der Waals surface area contributed by atoms with E-state index in [9.17, 15) is 0 Å². The van der Waals surface area contributed by atoms with Gasteiger partial charge in [-0.25, -0.2) is 0 Å². The summed E-state index contributed by atoms with van der Waals surface area (Å²) in [6, 6.07) is 8.06. The molecule has 0 aliphatic rings. The first-order chi connectivity index (χ1) is 8.95. The number of oxime groups is 1. The summed E-state index contributed by atoms with van der Waals surface area (Å²) in [5.41, 5.74) is 6.48. The molecule has 1 aromatic carbocycles. The van der Waals surface area contributed by atoms with Gasteiger partial charge < -0.3 is 15.7 Å². The molecule has 0 fully saturated rings. The highest BCUT2D eigenvalue weighted by molar-refractivity contribution is 9.10. The molecule has 0 bridgehead atoms. The smallest absolute Gasteiger partial charge is 0.144 e. The Labute approximate surface area is 122 Å². The van der Waals surface area contributed by atoms with Crippen LogP contribution >= 0.6 is 15.9 Å². The Kier molecular flexibility index (Phi) is 6.31. The Morgan fingerprint density at radius 1 is 1.37 bits per heavy atom. The number of halogens is 1. The maximum Gasteiger partial charge on any atom is 0.144 e. The van der Waals surface area contributed by atoms with E-state index in [2.05, 4.69) is 21.1 Å². The minimum atomic E-state index is -0.296. The van der Waals surface area contributed by atoms with Crippen molar-refractivity contribution in [1.82, 2.24) is 0 Å². The van der Waals surface area contributed by atoms with Crippen LogP contribution in [0.15, 0.2) is 33.9 Å². The van der Waals surface area contributed by atoms with E-state index in [0.29, 0.717) is 13.2 Å². The summed E-state index contributed by atoms with van der Waals surface area (Å²) in [6.45, 7) is 5.18. The highest BCUT2D eigenvalue weighted by atomic mass is 79.9. The third kappa shape index (κ3) is 5.61. The summed E-state index contributed by atoms with van der Waals surface area (Å²) >= 11 is 3.40. The van der Waals surface area contributed by atoms with Crippen LogP contribution in [0.25, 0.3) is 0 Å². The summed E-state index contributed by atoms with van der Waals surface area (Å²) in [6.07, 6.45) is 1.70. The molecule has 1 rings (SSSR count). The second-order valence-corrected chi connectivity index (χ2v) is 6.07. The van der Waals surface area contributed by atoms with Crippen LogP contribution in [0.1, 0.15) is 32.3 Å². The van der Waals surface area contributed by atoms with Crippen molar-refractivity contribution in [2.45, 2.75) is 33.3 Å². The minimum Gasteiger partial charge on any atom is -0.409 e. The van der Waals surface area contributed by atoms with Crippen molar-refractivity contribution < 1.29 is 9.94 Å². The molecule has 0 aromatic heterocycles. The van der Waals surface area contributed by atoms with Gasteiger partial charge in [-0.05, 0) is 30.5 Å². The maximum atomic E-state index is 8.67. The average Bonchev–Trinajstić information content (AvgIpc) is 2.39. The van der Waals surface area contributed by atoms with Crippen molar-refractivity contribution in [2.75, 3.05) is 6.61 Å². The van der Waals surface area contributed by atoms with Gasteiger partial charge in [0.1, 0.15) is 5.84 Å². The van der Waals surface area contributed by atoms with Crippen LogP contribution in [0.5, 0.6) is 0 Å². The van der Waals surface area contributed by atoms with Gasteiger partial charge in [-0.3, -0.25) is 0 Å². The van der Waals surface area contributed by atoms with Gasteiger partial charge >= 0.3 is 0 Å². The topological polar surface area (TPSA) is 67.8 Å². The molecule has 106 valence electrons. The van der Waals surface area contributed by atoms with Crippen molar-refractivity contribution in [1.29, 1.82) is 0 Å². The van der Waals surface area contributed by atoms with E-state index < -0.39 is 0 Å². The Balaban J connectivity index is 2.23. The van der Waals surface area contributed by atoms with Crippen molar-refractivity contribution in [3.8, 4) is 0 Å². The first-order valence-electron chi connectivity index (χ1n) is 6.26. The number of amidine groups is 1. The van der Waals surface area contributed by atoms with Gasteiger partial charge in [0.2, 0.25) is 0 Å². The van der Waals surface area contributed by atoms with E-state index in [0.717, 1.165) is 22.9 Å². The van der Waals surface area contributed by atoms with Gasteiger partial charge in [0.05, 0.1) is 6.61 Å². The normalized spacial score (nSPS) is 12.7. The highest BCUT2D eigenvalue weighted by Gasteiger charge is 2.22. The van der Waals surface area contributed by atoms with Crippen LogP contribution in [-0.2, 0) is 11.3 Å². The molecular weight excluding hydrogens is 308 g/mol. The molecule has 1 aromatic rings. The van der Waals surface area contributed by atoms with E-state index in [1.807, 2.05) is 38.1 Å². The second kappa shape index (κ2) is 7.50. The van der Waals surface area contributed by atoms with Gasteiger partial charge in [0, 0.05) is 16.5 Å². The molecule has 0 unspecified atom stereocenters. The van der Waals surface area contributed by atoms with E-state index in [1.165, 1.54) is 0 Å². The van der Waals surface area contributed by atoms with E-state index in [4.69, 9.17) is 15.7 Å². The standard InChI is InChI=1S/C14H21BrN2O2/c1-14(2,13(16)17-18)8-3-9-19-10-11-4-6-12(15)7-5-11/h4-7,18H,3,8-10H2,1-2H3,(H2,16,17). The minimum absolute atomic E-state index is 0.264. The number of nitrogens with zero attached hydrogens (tertiary/aromatic N) is 1. The summed E-state index contributed by atoms with van der Waals surface area (Å²) < 4.78 is 6.68. The maximum absolute atomic E-state index is 8.67. The quantitative estimate of drug-likeness (QED) is 0.264. The Hall–Kier alpha value is -1.07. The molecule has 0 atom stereocenters. The van der Waals surface area contributed by atoms with E-state index in [-0.39, 0.29) is 11.3 Å². The number of hydrogen-bond acceptors (Lipinski definition) is 3. The molecule has 19 heavy (non-hydrogen) atoms. The number of ether oxygens (including phenoxy) is 1. The van der Waals surface area contributed by atoms with Gasteiger partial charge in [0.25, 0.3) is 0 Å². The fourth-order valence-corrected chi connectivity index (χ4v) is 1.91. The summed E-state index contributed by atoms with van der Waals surface area (Å²) in [7, 11) is 0. The van der Waals surface area contributed by atoms with Crippen molar-refractivity contribution >= 4 is 21.8 Å². The van der Waals surface area contributed by atoms with Gasteiger partial charge in [-0.2, -0.15) is 0 Å². The Morgan fingerprint density at radius 2 is 2.00 bits per heavy atom. The number of benzene rings is 1. The fourth-order valence-electron chi connectivity index (χ4n) is 1.65. The fraction of sp³-hybridized carbons (Fsp3) is 0.500. The first-order valence-corrected chi connectivity index (χ1v) is 7.05. The molecule has 5 heteroatoms. The monoisotopic (exact) mass is 328 g/mol. The molecule has 0 spiro atoms. The molecule has 0 aliphatic carbocycles. The van der Waals surface area contributed by atoms with Crippen molar-refractivity contribution in [3.63, 3.8) is 0 Å². The zero-order valence-corrected chi connectivity index (χ0v) is 13.0. The zero-order valence-electron chi connectivity index (χ0n) is 11.4. The Bertz CT molecular complexity index is 416. The van der Waals surface area contributed by atoms with Crippen molar-refractivity contribution in [3.05, 3.63) is 34.3 Å². The van der Waals surface area contributed by atoms with Gasteiger partial charge in [0.15, 0.2) is 0 Å². The Morgan fingerprint density at radius 3 is 2.58 bits per heavy atom. The van der Waals surface area contributed by atoms with E-state index in [1.54, 1.807) is 0 Å². The van der Waals surface area contributed by atoms with Crippen LogP contribution in [-0.4, -0.2) is 17.6 Å². The molecule has 0 heterocycles. The predicted molar refractivity (Wildman–Crippen MR) is 80.2 cm³/mol. The third-order valence-corrected chi connectivity index (χ3v) is 3.60. The largest absolute Gasteiger partial charge is 0.409 e. The molecule has 0 saturated carbocycles. The second-order valence-electron chi connectivity index (χ2n) is 5.15. The molecule has 3 N–H and O–H groups in total. The van der Waals surface area contributed by atoms with Gasteiger partial charge in [-0.15, -0.1) is 0 Å². The number of rotatable bonds is 7. The SMILES string of the molecule is CC(C)(CCCOCc1ccc(Br)cc1)/C(N)=N/O. The van der Waals surface area contributed by atoms with Crippen LogP contribution in [0, 0.1) is 5.41 Å². The van der Waals surface area contributed by atoms with Crippen LogP contribution < -0.4 is 5.73 Å². The van der Waals surface area contributed by atoms with Crippen LogP contribution in [0.4, 0.5) is 0 Å². The third-order valence-electron chi connectivity index (χ3n) is 3.07. The lowest BCUT2D eigenvalue weighted by atomic mass is 9.87. The number of nitrogens with two attached hydrogens (primary N) is 1. The lowest BCUT2D eigenvalue weighted by Gasteiger charge is -2.22. The molecule has 0 aliphatic heterocycles. The zero-order chi connectivity index (χ0) is 14.3. The summed E-state index contributed by atoms with van der Waals surface area (Å²) in [5.74, 6) is 0.264. The highest BCUT2D eigenvalue weighted by Crippen LogP contribution is 2.22. The predicted octanol–water partition coefficient (Wildman–Crippen LogP) is 3.52. The molecule has 4 nitrogen and oxygen atoms in total.